The van der Waals surface area contributed by atoms with Gasteiger partial charge in [-0.3, -0.25) is 0 Å². The van der Waals surface area contributed by atoms with Gasteiger partial charge in [0.05, 0.1) is 13.0 Å². The van der Waals surface area contributed by atoms with E-state index in [0.717, 1.165) is 5.71 Å². The van der Waals surface area contributed by atoms with Crippen molar-refractivity contribution >= 4 is 11.5 Å². The van der Waals surface area contributed by atoms with Crippen molar-refractivity contribution in [3.05, 3.63) is 22.1 Å². The van der Waals surface area contributed by atoms with E-state index in [1.54, 1.807) is 7.05 Å². The van der Waals surface area contributed by atoms with E-state index in [4.69, 9.17) is 4.84 Å². The van der Waals surface area contributed by atoms with E-state index in [-0.39, 0.29) is 17.8 Å². The minimum Gasteiger partial charge on any atom is -0.391 e. The predicted octanol–water partition coefficient (Wildman–Crippen LogP) is 1.48. The van der Waals surface area contributed by atoms with Gasteiger partial charge >= 0.3 is 5.82 Å². The van der Waals surface area contributed by atoms with Crippen LogP contribution in [0.3, 0.4) is 0 Å². The number of nitro groups is 1. The van der Waals surface area contributed by atoms with Crippen molar-refractivity contribution in [1.29, 1.82) is 0 Å². The lowest BCUT2D eigenvalue weighted by molar-refractivity contribution is -0.391. The van der Waals surface area contributed by atoms with Crippen molar-refractivity contribution in [3.8, 4) is 0 Å². The van der Waals surface area contributed by atoms with Gasteiger partial charge in [0, 0.05) is 0 Å². The fourth-order valence-electron chi connectivity index (χ4n) is 3.95. The first-order valence-corrected chi connectivity index (χ1v) is 6.57. The van der Waals surface area contributed by atoms with Crippen molar-refractivity contribution in [2.24, 2.45) is 30.0 Å². The Morgan fingerprint density at radius 1 is 1.47 bits per heavy atom. The fourth-order valence-corrected chi connectivity index (χ4v) is 3.95. The summed E-state index contributed by atoms with van der Waals surface area (Å²) in [5.41, 5.74) is 0.799. The molecule has 0 saturated heterocycles. The van der Waals surface area contributed by atoms with Crippen molar-refractivity contribution in [1.82, 2.24) is 9.55 Å². The Labute approximate surface area is 109 Å². The smallest absolute Gasteiger partial charge is 0.342 e. The Balaban J connectivity index is 1.72. The number of oxime groups is 1. The summed E-state index contributed by atoms with van der Waals surface area (Å²) in [7, 11) is 1.66. The molecule has 19 heavy (non-hydrogen) atoms. The summed E-state index contributed by atoms with van der Waals surface area (Å²) in [6, 6.07) is 0. The maximum Gasteiger partial charge on any atom is 0.342 e. The summed E-state index contributed by atoms with van der Waals surface area (Å²) < 4.78 is 1.50. The first-order valence-electron chi connectivity index (χ1n) is 6.57. The zero-order valence-corrected chi connectivity index (χ0v) is 10.5. The van der Waals surface area contributed by atoms with Gasteiger partial charge < -0.3 is 15.0 Å². The minimum absolute atomic E-state index is 0.00990. The third-order valence-corrected chi connectivity index (χ3v) is 4.81. The normalized spacial score (nSPS) is 35.1. The Bertz CT molecular complexity index is 594. The van der Waals surface area contributed by atoms with Gasteiger partial charge in [-0.25, -0.2) is 9.55 Å². The molecule has 100 valence electrons. The summed E-state index contributed by atoms with van der Waals surface area (Å²) >= 11 is 0. The Kier molecular flexibility index (Phi) is 2.05. The van der Waals surface area contributed by atoms with Crippen LogP contribution in [-0.2, 0) is 11.9 Å². The average molecular weight is 262 g/mol. The van der Waals surface area contributed by atoms with Gasteiger partial charge in [-0.15, -0.1) is 0 Å². The summed E-state index contributed by atoms with van der Waals surface area (Å²) in [6.45, 7) is 0. The van der Waals surface area contributed by atoms with Crippen LogP contribution in [0.1, 0.15) is 25.1 Å². The SMILES string of the molecule is Cn1c([N+](=O)[O-])cnc1C1=NOC2C3CCC(C3)C12. The van der Waals surface area contributed by atoms with Gasteiger partial charge in [0.25, 0.3) is 0 Å². The average Bonchev–Trinajstić information content (AvgIpc) is 3.07. The molecule has 0 spiro atoms. The molecule has 2 fully saturated rings. The Morgan fingerprint density at radius 2 is 2.26 bits per heavy atom. The van der Waals surface area contributed by atoms with E-state index >= 15 is 0 Å². The van der Waals surface area contributed by atoms with E-state index < -0.39 is 4.92 Å². The van der Waals surface area contributed by atoms with Crippen LogP contribution in [0.25, 0.3) is 0 Å². The van der Waals surface area contributed by atoms with Crippen LogP contribution in [0.2, 0.25) is 0 Å². The van der Waals surface area contributed by atoms with Crippen molar-refractivity contribution in [2.45, 2.75) is 25.4 Å². The van der Waals surface area contributed by atoms with Gasteiger partial charge in [-0.1, -0.05) is 5.16 Å². The highest BCUT2D eigenvalue weighted by Crippen LogP contribution is 2.53. The Morgan fingerprint density at radius 3 is 3.00 bits per heavy atom. The van der Waals surface area contributed by atoms with Crippen molar-refractivity contribution in [3.63, 3.8) is 0 Å². The van der Waals surface area contributed by atoms with Crippen LogP contribution >= 0.6 is 0 Å². The molecular weight excluding hydrogens is 248 g/mol. The third kappa shape index (κ3) is 1.32. The summed E-state index contributed by atoms with van der Waals surface area (Å²) in [5.74, 6) is 2.05. The molecule has 0 radical (unpaired) electrons. The zero-order valence-electron chi connectivity index (χ0n) is 10.5. The van der Waals surface area contributed by atoms with E-state index in [0.29, 0.717) is 17.7 Å². The van der Waals surface area contributed by atoms with E-state index in [2.05, 4.69) is 10.1 Å². The van der Waals surface area contributed by atoms with Crippen molar-refractivity contribution in [2.75, 3.05) is 0 Å². The molecule has 7 nitrogen and oxygen atoms in total. The largest absolute Gasteiger partial charge is 0.391 e. The lowest BCUT2D eigenvalue weighted by atomic mass is 9.83. The lowest BCUT2D eigenvalue weighted by Crippen LogP contribution is -2.31. The topological polar surface area (TPSA) is 82.5 Å². The molecule has 1 aliphatic heterocycles. The standard InChI is InChI=1S/C12H14N4O3/c1-15-8(16(17)18)5-13-12(15)10-9-6-2-3-7(4-6)11(9)19-14-10/h5-7,9,11H,2-4H2,1H3. The molecule has 3 aliphatic rings. The Hall–Kier alpha value is -1.92. The van der Waals surface area contributed by atoms with Crippen LogP contribution in [0, 0.1) is 27.9 Å². The first-order chi connectivity index (χ1) is 9.16. The maximum absolute atomic E-state index is 10.9. The molecule has 1 aromatic rings. The fraction of sp³-hybridized carbons (Fsp3) is 0.667. The molecule has 4 atom stereocenters. The molecule has 7 heteroatoms. The minimum atomic E-state index is -0.425. The second-order valence-electron chi connectivity index (χ2n) is 5.66. The monoisotopic (exact) mass is 262 g/mol. The molecule has 2 saturated carbocycles. The molecule has 0 aromatic carbocycles. The molecule has 2 bridgehead atoms. The molecule has 4 rings (SSSR count). The number of rotatable bonds is 2. The lowest BCUT2D eigenvalue weighted by Gasteiger charge is -2.22. The van der Waals surface area contributed by atoms with Crippen LogP contribution in [0.5, 0.6) is 0 Å². The van der Waals surface area contributed by atoms with E-state index in [1.165, 1.54) is 30.0 Å². The highest BCUT2D eigenvalue weighted by Gasteiger charge is 2.56. The third-order valence-electron chi connectivity index (χ3n) is 4.81. The summed E-state index contributed by atoms with van der Waals surface area (Å²) in [4.78, 5) is 20.2. The molecule has 2 aliphatic carbocycles. The number of hydrogen-bond donors (Lipinski definition) is 0. The highest BCUT2D eigenvalue weighted by molar-refractivity contribution is 6.01. The number of fused-ring (bicyclic) bond motifs is 5. The van der Waals surface area contributed by atoms with Gasteiger partial charge in [0.1, 0.15) is 12.3 Å². The number of nitrogens with zero attached hydrogens (tertiary/aromatic N) is 4. The predicted molar refractivity (Wildman–Crippen MR) is 65.6 cm³/mol. The quantitative estimate of drug-likeness (QED) is 0.597. The van der Waals surface area contributed by atoms with Gasteiger partial charge in [0.2, 0.25) is 5.82 Å². The summed E-state index contributed by atoms with van der Waals surface area (Å²) in [5, 5.41) is 15.1. The number of hydrogen-bond acceptors (Lipinski definition) is 5. The van der Waals surface area contributed by atoms with Gasteiger partial charge in [-0.05, 0) is 36.0 Å². The maximum atomic E-state index is 10.9. The highest BCUT2D eigenvalue weighted by atomic mass is 16.6. The molecule has 1 aromatic heterocycles. The molecule has 0 N–H and O–H groups in total. The first kappa shape index (κ1) is 11.0. The van der Waals surface area contributed by atoms with Crippen LogP contribution in [0.15, 0.2) is 11.4 Å². The molecule has 0 amide bonds. The summed E-state index contributed by atoms with van der Waals surface area (Å²) in [6.07, 6.45) is 5.08. The van der Waals surface area contributed by atoms with E-state index in [1.807, 2.05) is 0 Å². The van der Waals surface area contributed by atoms with Gasteiger partial charge in [0.15, 0.2) is 5.71 Å². The van der Waals surface area contributed by atoms with Crippen LogP contribution < -0.4 is 0 Å². The van der Waals surface area contributed by atoms with Gasteiger partial charge in [-0.2, -0.15) is 0 Å². The van der Waals surface area contributed by atoms with Crippen LogP contribution in [-0.4, -0.2) is 26.3 Å². The molecular formula is C12H14N4O3. The van der Waals surface area contributed by atoms with Crippen LogP contribution in [0.4, 0.5) is 5.82 Å². The number of imidazole rings is 1. The number of aromatic nitrogens is 2. The second-order valence-corrected chi connectivity index (χ2v) is 5.66. The zero-order chi connectivity index (χ0) is 13.1. The van der Waals surface area contributed by atoms with Crippen molar-refractivity contribution < 1.29 is 9.76 Å². The molecule has 4 unspecified atom stereocenters. The second kappa shape index (κ2) is 3.55. The molecule has 2 heterocycles. The van der Waals surface area contributed by atoms with E-state index in [9.17, 15) is 10.1 Å².